The van der Waals surface area contributed by atoms with Crippen molar-refractivity contribution in [1.29, 1.82) is 0 Å². The maximum Gasteiger partial charge on any atom is 0.413 e. The maximum atomic E-state index is 13.3. The lowest BCUT2D eigenvalue weighted by molar-refractivity contribution is 0.0978. The number of carbonyl (C=O) groups excluding carboxylic acids is 2. The second-order valence-corrected chi connectivity index (χ2v) is 8.60. The smallest absolute Gasteiger partial charge is 0.413 e. The lowest BCUT2D eigenvalue weighted by Crippen LogP contribution is -2.17. The van der Waals surface area contributed by atoms with E-state index < -0.39 is 6.09 Å². The highest BCUT2D eigenvalue weighted by Gasteiger charge is 2.26. The van der Waals surface area contributed by atoms with E-state index in [1.807, 2.05) is 115 Å². The average Bonchev–Trinajstić information content (AvgIpc) is 3.29. The van der Waals surface area contributed by atoms with Crippen molar-refractivity contribution in [3.8, 4) is 0 Å². The average molecular weight is 475 g/mol. The molecule has 36 heavy (non-hydrogen) atoms. The summed E-state index contributed by atoms with van der Waals surface area (Å²) in [6, 6.07) is 36.6. The van der Waals surface area contributed by atoms with Gasteiger partial charge in [0.1, 0.15) is 12.4 Å². The fraction of sp³-hybridized carbons (Fsp3) is 0.0968. The number of carbonyl (C=O) groups is 2. The van der Waals surface area contributed by atoms with Crippen LogP contribution in [-0.2, 0) is 11.3 Å². The number of Topliss-reactive ketones (excluding diaryl/α,β-unsaturated/α-hetero) is 1. The van der Waals surface area contributed by atoms with E-state index in [9.17, 15) is 9.59 Å². The van der Waals surface area contributed by atoms with Gasteiger partial charge in [0.15, 0.2) is 5.78 Å². The van der Waals surface area contributed by atoms with Gasteiger partial charge in [0.25, 0.3) is 0 Å². The third-order valence-corrected chi connectivity index (χ3v) is 6.22. The molecule has 5 aromatic rings. The molecule has 178 valence electrons. The molecule has 1 heterocycles. The molecular formula is C31H26N2O3. The highest BCUT2D eigenvalue weighted by molar-refractivity contribution is 5.99. The van der Waals surface area contributed by atoms with Crippen molar-refractivity contribution in [2.45, 2.75) is 18.9 Å². The molecule has 0 aliphatic rings. The number of rotatable bonds is 8. The summed E-state index contributed by atoms with van der Waals surface area (Å²) < 4.78 is 5.48. The van der Waals surface area contributed by atoms with Crippen LogP contribution in [0.5, 0.6) is 0 Å². The number of hydrogen-bond donors (Lipinski definition) is 2. The summed E-state index contributed by atoms with van der Waals surface area (Å²) in [4.78, 5) is 29.5. The number of H-pyrrole nitrogens is 1. The second kappa shape index (κ2) is 10.7. The largest absolute Gasteiger partial charge is 0.444 e. The van der Waals surface area contributed by atoms with Crippen molar-refractivity contribution in [3.63, 3.8) is 0 Å². The van der Waals surface area contributed by atoms with Crippen LogP contribution < -0.4 is 5.32 Å². The molecule has 0 saturated heterocycles. The Labute approximate surface area is 209 Å². The first-order chi connectivity index (χ1) is 17.7. The SMILES string of the molecule is O=C(Nc1[nH]c2ccccc2c1C(CC(=O)c1ccccc1)c1ccccc1)OCc1ccccc1. The quantitative estimate of drug-likeness (QED) is 0.231. The summed E-state index contributed by atoms with van der Waals surface area (Å²) in [5.41, 5.74) is 4.29. The lowest BCUT2D eigenvalue weighted by Gasteiger charge is -2.19. The molecule has 1 amide bonds. The molecule has 1 aromatic heterocycles. The lowest BCUT2D eigenvalue weighted by atomic mass is 9.85. The number of anilines is 1. The molecule has 1 unspecified atom stereocenters. The zero-order valence-electron chi connectivity index (χ0n) is 19.7. The van der Waals surface area contributed by atoms with Gasteiger partial charge >= 0.3 is 6.09 Å². The standard InChI is InChI=1S/C31H26N2O3/c34-28(24-16-8-3-9-17-24)20-26(23-14-6-2-7-15-23)29-25-18-10-11-19-27(25)32-30(29)33-31(35)36-21-22-12-4-1-5-13-22/h1-19,26,32H,20-21H2,(H,33,35). The Balaban J connectivity index is 1.50. The van der Waals surface area contributed by atoms with Crippen molar-refractivity contribution >= 4 is 28.6 Å². The minimum atomic E-state index is -0.562. The Morgan fingerprint density at radius 3 is 2.08 bits per heavy atom. The van der Waals surface area contributed by atoms with Crippen LogP contribution in [0.1, 0.15) is 39.4 Å². The van der Waals surface area contributed by atoms with E-state index in [0.29, 0.717) is 11.4 Å². The van der Waals surface area contributed by atoms with Gasteiger partial charge in [-0.05, 0) is 17.2 Å². The fourth-order valence-electron chi connectivity index (χ4n) is 4.48. The van der Waals surface area contributed by atoms with Crippen LogP contribution in [0.3, 0.4) is 0 Å². The minimum Gasteiger partial charge on any atom is -0.444 e. The minimum absolute atomic E-state index is 0.0346. The summed E-state index contributed by atoms with van der Waals surface area (Å²) in [5, 5.41) is 3.86. The van der Waals surface area contributed by atoms with Crippen molar-refractivity contribution < 1.29 is 14.3 Å². The Bertz CT molecular complexity index is 1460. The van der Waals surface area contributed by atoms with Crippen molar-refractivity contribution in [2.75, 3.05) is 5.32 Å². The van der Waals surface area contributed by atoms with E-state index in [0.717, 1.165) is 27.6 Å². The van der Waals surface area contributed by atoms with Crippen molar-refractivity contribution in [2.24, 2.45) is 0 Å². The predicted molar refractivity (Wildman–Crippen MR) is 142 cm³/mol. The first-order valence-electron chi connectivity index (χ1n) is 11.9. The van der Waals surface area contributed by atoms with Gasteiger partial charge in [-0.2, -0.15) is 0 Å². The maximum absolute atomic E-state index is 13.3. The molecule has 0 bridgehead atoms. The summed E-state index contributed by atoms with van der Waals surface area (Å²) >= 11 is 0. The summed E-state index contributed by atoms with van der Waals surface area (Å²) in [6.45, 7) is 0.164. The van der Waals surface area contributed by atoms with Gasteiger partial charge in [-0.3, -0.25) is 10.1 Å². The first kappa shape index (κ1) is 23.1. The zero-order valence-corrected chi connectivity index (χ0v) is 19.7. The van der Waals surface area contributed by atoms with Gasteiger partial charge in [0.05, 0.1) is 0 Å². The van der Waals surface area contributed by atoms with E-state index in [4.69, 9.17) is 4.74 Å². The normalized spacial score (nSPS) is 11.7. The number of benzene rings is 4. The third kappa shape index (κ3) is 5.20. The number of aromatic nitrogens is 1. The molecule has 0 radical (unpaired) electrons. The molecule has 0 aliphatic carbocycles. The topological polar surface area (TPSA) is 71.2 Å². The van der Waals surface area contributed by atoms with Crippen LogP contribution in [0.15, 0.2) is 115 Å². The first-order valence-corrected chi connectivity index (χ1v) is 11.9. The van der Waals surface area contributed by atoms with Crippen LogP contribution in [0, 0.1) is 0 Å². The molecule has 0 fully saturated rings. The highest BCUT2D eigenvalue weighted by Crippen LogP contribution is 2.39. The van der Waals surface area contributed by atoms with Gasteiger partial charge in [-0.15, -0.1) is 0 Å². The second-order valence-electron chi connectivity index (χ2n) is 8.60. The number of nitrogens with one attached hydrogen (secondary N) is 2. The number of hydrogen-bond acceptors (Lipinski definition) is 3. The van der Waals surface area contributed by atoms with Crippen LogP contribution in [-0.4, -0.2) is 16.9 Å². The number of para-hydroxylation sites is 1. The number of fused-ring (bicyclic) bond motifs is 1. The summed E-state index contributed by atoms with van der Waals surface area (Å²) in [6.07, 6.45) is -0.309. The van der Waals surface area contributed by atoms with Crippen LogP contribution in [0.25, 0.3) is 10.9 Å². The Morgan fingerprint density at radius 1 is 0.750 bits per heavy atom. The van der Waals surface area contributed by atoms with Gasteiger partial charge in [0.2, 0.25) is 0 Å². The van der Waals surface area contributed by atoms with Crippen LogP contribution in [0.2, 0.25) is 0 Å². The molecule has 5 rings (SSSR count). The molecule has 2 N–H and O–H groups in total. The molecule has 5 heteroatoms. The van der Waals surface area contributed by atoms with E-state index >= 15 is 0 Å². The molecule has 4 aromatic carbocycles. The number of amides is 1. The van der Waals surface area contributed by atoms with E-state index in [2.05, 4.69) is 10.3 Å². The Hall–Kier alpha value is -4.64. The predicted octanol–water partition coefficient (Wildman–Crippen LogP) is 7.32. The van der Waals surface area contributed by atoms with E-state index in [1.165, 1.54) is 0 Å². The van der Waals surface area contributed by atoms with Gasteiger partial charge < -0.3 is 9.72 Å². The van der Waals surface area contributed by atoms with Crippen LogP contribution >= 0.6 is 0 Å². The summed E-state index contributed by atoms with van der Waals surface area (Å²) in [5.74, 6) is 0.288. The molecule has 0 aliphatic heterocycles. The van der Waals surface area contributed by atoms with Gasteiger partial charge in [-0.25, -0.2) is 4.79 Å². The fourth-order valence-corrected chi connectivity index (χ4v) is 4.48. The molecule has 0 spiro atoms. The van der Waals surface area contributed by atoms with E-state index in [1.54, 1.807) is 0 Å². The number of aromatic amines is 1. The van der Waals surface area contributed by atoms with Crippen molar-refractivity contribution in [3.05, 3.63) is 138 Å². The Kier molecular flexibility index (Phi) is 6.90. The molecule has 1 atom stereocenters. The number of ether oxygens (including phenoxy) is 1. The Morgan fingerprint density at radius 2 is 1.36 bits per heavy atom. The monoisotopic (exact) mass is 474 g/mol. The van der Waals surface area contributed by atoms with Gasteiger partial charge in [-0.1, -0.05) is 109 Å². The van der Waals surface area contributed by atoms with Gasteiger partial charge in [0, 0.05) is 34.4 Å². The molecule has 5 nitrogen and oxygen atoms in total. The zero-order chi connectivity index (χ0) is 24.7. The van der Waals surface area contributed by atoms with Crippen molar-refractivity contribution in [1.82, 2.24) is 4.98 Å². The third-order valence-electron chi connectivity index (χ3n) is 6.22. The van der Waals surface area contributed by atoms with E-state index in [-0.39, 0.29) is 24.7 Å². The summed E-state index contributed by atoms with van der Waals surface area (Å²) in [7, 11) is 0. The number of ketones is 1. The molecule has 0 saturated carbocycles. The van der Waals surface area contributed by atoms with Crippen LogP contribution in [0.4, 0.5) is 10.6 Å². The highest BCUT2D eigenvalue weighted by atomic mass is 16.5. The molecular weight excluding hydrogens is 448 g/mol.